The van der Waals surface area contributed by atoms with Crippen LogP contribution in [0.4, 0.5) is 0 Å². The van der Waals surface area contributed by atoms with Crippen molar-refractivity contribution in [1.29, 1.82) is 0 Å². The van der Waals surface area contributed by atoms with Crippen LogP contribution in [0.3, 0.4) is 0 Å². The Balaban J connectivity index is 0.000000815. The van der Waals surface area contributed by atoms with E-state index in [2.05, 4.69) is 18.9 Å². The zero-order valence-corrected chi connectivity index (χ0v) is 14.6. The molecule has 0 bridgehead atoms. The van der Waals surface area contributed by atoms with Crippen molar-refractivity contribution in [3.63, 3.8) is 0 Å². The van der Waals surface area contributed by atoms with Gasteiger partial charge in [-0.1, -0.05) is 18.9 Å². The number of phenols is 1. The molecule has 3 heteroatoms. The van der Waals surface area contributed by atoms with E-state index in [1.807, 2.05) is 12.1 Å². The number of fused-ring (bicyclic) bond motifs is 5. The minimum absolute atomic E-state index is 0.128. The third kappa shape index (κ3) is 2.28. The van der Waals surface area contributed by atoms with Crippen LogP contribution in [-0.4, -0.2) is 28.0 Å². The number of aliphatic hydroxyl groups excluding tert-OH is 1. The highest BCUT2D eigenvalue weighted by molar-refractivity contribution is 5.40. The van der Waals surface area contributed by atoms with Crippen LogP contribution >= 0.6 is 0 Å². The molecule has 0 aliphatic heterocycles. The van der Waals surface area contributed by atoms with Crippen LogP contribution in [0.1, 0.15) is 56.1 Å². The van der Waals surface area contributed by atoms with Crippen molar-refractivity contribution >= 4 is 0 Å². The van der Waals surface area contributed by atoms with Gasteiger partial charge in [0.1, 0.15) is 11.4 Å². The van der Waals surface area contributed by atoms with Crippen molar-refractivity contribution in [2.45, 2.75) is 57.0 Å². The molecule has 2 fully saturated rings. The first-order valence-electron chi connectivity index (χ1n) is 8.95. The summed E-state index contributed by atoms with van der Waals surface area (Å²) in [5.41, 5.74) is 1.69. The van der Waals surface area contributed by atoms with Crippen molar-refractivity contribution in [2.75, 3.05) is 7.11 Å². The number of phenolic OH excluding ortho intramolecular Hbond substituents is 1. The Labute approximate surface area is 144 Å². The smallest absolute Gasteiger partial charge is 0.130 e. The highest BCUT2D eigenvalue weighted by atomic mass is 16.3. The number of hydrogen-bond acceptors (Lipinski definition) is 3. The maximum atomic E-state index is 10.9. The summed E-state index contributed by atoms with van der Waals surface area (Å²) in [5, 5.41) is 27.6. The average Bonchev–Trinajstić information content (AvgIpc) is 2.88. The Morgan fingerprint density at radius 2 is 1.92 bits per heavy atom. The van der Waals surface area contributed by atoms with Gasteiger partial charge in [-0.15, -0.1) is 6.42 Å². The van der Waals surface area contributed by atoms with Crippen molar-refractivity contribution in [2.24, 2.45) is 17.3 Å². The summed E-state index contributed by atoms with van der Waals surface area (Å²) in [6, 6.07) is 5.87. The second kappa shape index (κ2) is 6.10. The van der Waals surface area contributed by atoms with Gasteiger partial charge in [0.2, 0.25) is 0 Å². The summed E-state index contributed by atoms with van der Waals surface area (Å²) in [5.74, 6) is 4.82. The first-order chi connectivity index (χ1) is 11.5. The zero-order valence-electron chi connectivity index (χ0n) is 14.6. The van der Waals surface area contributed by atoms with Gasteiger partial charge in [-0.25, -0.2) is 0 Å². The van der Waals surface area contributed by atoms with Crippen molar-refractivity contribution < 1.29 is 15.3 Å². The molecule has 130 valence electrons. The van der Waals surface area contributed by atoms with Gasteiger partial charge in [-0.3, -0.25) is 0 Å². The van der Waals surface area contributed by atoms with Crippen LogP contribution in [0.5, 0.6) is 5.75 Å². The van der Waals surface area contributed by atoms with Crippen molar-refractivity contribution in [1.82, 2.24) is 0 Å². The molecule has 0 amide bonds. The molecule has 3 aliphatic rings. The molecule has 0 spiro atoms. The SMILES string of the molecule is C#C[C@]1(O)CC[C@H]2[C@@H]3CCc4cc(O)ccc4[C@H]3CC[C@@]21C.CO. The van der Waals surface area contributed by atoms with E-state index in [1.165, 1.54) is 11.1 Å². The molecule has 5 atom stereocenters. The van der Waals surface area contributed by atoms with E-state index < -0.39 is 5.60 Å². The number of benzene rings is 1. The Morgan fingerprint density at radius 1 is 1.17 bits per heavy atom. The molecular weight excluding hydrogens is 300 g/mol. The lowest BCUT2D eigenvalue weighted by Gasteiger charge is -2.52. The predicted octanol–water partition coefficient (Wildman–Crippen LogP) is 3.22. The Kier molecular flexibility index (Phi) is 4.40. The van der Waals surface area contributed by atoms with Crippen LogP contribution in [0, 0.1) is 29.6 Å². The van der Waals surface area contributed by atoms with Gasteiger partial charge in [-0.2, -0.15) is 0 Å². The summed E-state index contributed by atoms with van der Waals surface area (Å²) in [4.78, 5) is 0. The third-order valence-corrected chi connectivity index (χ3v) is 7.10. The van der Waals surface area contributed by atoms with Gasteiger partial charge < -0.3 is 15.3 Å². The number of terminal acetylenes is 1. The summed E-state index contributed by atoms with van der Waals surface area (Å²) < 4.78 is 0. The molecule has 1 aromatic rings. The van der Waals surface area contributed by atoms with E-state index in [-0.39, 0.29) is 5.41 Å². The van der Waals surface area contributed by atoms with Gasteiger partial charge in [0, 0.05) is 12.5 Å². The number of aliphatic hydroxyl groups is 2. The lowest BCUT2D eigenvalue weighted by molar-refractivity contribution is -0.0646. The first kappa shape index (κ1) is 17.3. The maximum absolute atomic E-state index is 10.9. The topological polar surface area (TPSA) is 60.7 Å². The Hall–Kier alpha value is -1.50. The summed E-state index contributed by atoms with van der Waals surface area (Å²) in [6.45, 7) is 2.22. The van der Waals surface area contributed by atoms with Crippen LogP contribution in [0.25, 0.3) is 0 Å². The second-order valence-electron chi connectivity index (χ2n) is 7.80. The quantitative estimate of drug-likeness (QED) is 0.641. The minimum atomic E-state index is -0.919. The molecule has 3 N–H and O–H groups in total. The predicted molar refractivity (Wildman–Crippen MR) is 94.6 cm³/mol. The average molecular weight is 328 g/mol. The molecule has 0 heterocycles. The number of hydrogen-bond donors (Lipinski definition) is 3. The molecule has 0 aromatic heterocycles. The Bertz CT molecular complexity index is 662. The van der Waals surface area contributed by atoms with Gasteiger partial charge in [0.25, 0.3) is 0 Å². The first-order valence-corrected chi connectivity index (χ1v) is 8.95. The minimum Gasteiger partial charge on any atom is -0.508 e. The molecule has 4 rings (SSSR count). The molecule has 0 saturated heterocycles. The highest BCUT2D eigenvalue weighted by Crippen LogP contribution is 2.64. The van der Waals surface area contributed by atoms with E-state index in [9.17, 15) is 10.2 Å². The molecule has 0 radical (unpaired) electrons. The van der Waals surface area contributed by atoms with E-state index in [4.69, 9.17) is 11.5 Å². The van der Waals surface area contributed by atoms with E-state index in [1.54, 1.807) is 0 Å². The third-order valence-electron chi connectivity index (χ3n) is 7.10. The van der Waals surface area contributed by atoms with Crippen molar-refractivity contribution in [3.05, 3.63) is 29.3 Å². The fourth-order valence-electron chi connectivity index (χ4n) is 5.82. The van der Waals surface area contributed by atoms with E-state index >= 15 is 0 Å². The van der Waals surface area contributed by atoms with Crippen LogP contribution in [0.15, 0.2) is 18.2 Å². The standard InChI is InChI=1S/C20H24O2.CH4O/c1-3-20(22)11-9-18-17-6-4-13-12-14(21)5-7-15(13)16(17)8-10-19(18,20)2;1-2/h1,5,7,12,16-18,21-22H,4,6,8-11H2,2H3;2H,1H3/t16-,17-,18+,19+,20+;/m1./s1. The molecule has 3 aliphatic carbocycles. The maximum Gasteiger partial charge on any atom is 0.130 e. The van der Waals surface area contributed by atoms with Crippen LogP contribution in [0.2, 0.25) is 0 Å². The second-order valence-corrected chi connectivity index (χ2v) is 7.80. The number of rotatable bonds is 0. The van der Waals surface area contributed by atoms with Crippen LogP contribution < -0.4 is 0 Å². The molecule has 24 heavy (non-hydrogen) atoms. The van der Waals surface area contributed by atoms with Gasteiger partial charge in [0.05, 0.1) is 0 Å². The summed E-state index contributed by atoms with van der Waals surface area (Å²) in [6.07, 6.45) is 11.8. The van der Waals surface area contributed by atoms with Gasteiger partial charge in [0.15, 0.2) is 0 Å². The van der Waals surface area contributed by atoms with Crippen molar-refractivity contribution in [3.8, 4) is 18.1 Å². The molecule has 3 nitrogen and oxygen atoms in total. The van der Waals surface area contributed by atoms with Gasteiger partial charge in [-0.05, 0) is 79.5 Å². The van der Waals surface area contributed by atoms with E-state index in [0.29, 0.717) is 23.5 Å². The molecule has 1 aromatic carbocycles. The summed E-state index contributed by atoms with van der Waals surface area (Å²) >= 11 is 0. The van der Waals surface area contributed by atoms with Crippen LogP contribution in [-0.2, 0) is 6.42 Å². The number of aryl methyl sites for hydroxylation is 1. The largest absolute Gasteiger partial charge is 0.508 e. The molecule has 0 unspecified atom stereocenters. The number of aromatic hydroxyl groups is 1. The van der Waals surface area contributed by atoms with E-state index in [0.717, 1.165) is 45.6 Å². The lowest BCUT2D eigenvalue weighted by atomic mass is 9.53. The Morgan fingerprint density at radius 3 is 2.62 bits per heavy atom. The normalized spacial score (nSPS) is 39.5. The summed E-state index contributed by atoms with van der Waals surface area (Å²) in [7, 11) is 1.00. The zero-order chi connectivity index (χ0) is 17.5. The molecule has 2 saturated carbocycles. The monoisotopic (exact) mass is 328 g/mol. The fraction of sp³-hybridized carbons (Fsp3) is 0.619. The molecular formula is C21H28O3. The fourth-order valence-corrected chi connectivity index (χ4v) is 5.82. The highest BCUT2D eigenvalue weighted by Gasteiger charge is 2.61. The van der Waals surface area contributed by atoms with Gasteiger partial charge >= 0.3 is 0 Å². The lowest BCUT2D eigenvalue weighted by Crippen LogP contribution is -2.50.